The molecule has 1 amide bonds. The topological polar surface area (TPSA) is 95.0 Å². The number of amides is 1. The van der Waals surface area contributed by atoms with Gasteiger partial charge in [0.15, 0.2) is 23.1 Å². The quantitative estimate of drug-likeness (QED) is 0.126. The Hall–Kier alpha value is -5.74. The number of nitrogens with zero attached hydrogens (tertiary/aromatic N) is 3. The zero-order chi connectivity index (χ0) is 36.0. The monoisotopic (exact) mass is 700 g/mol. The second-order valence-electron chi connectivity index (χ2n) is 13.1. The normalized spacial score (nSPS) is 13.6. The minimum Gasteiger partial charge on any atom is -0.497 e. The Morgan fingerprint density at radius 2 is 1.69 bits per heavy atom. The van der Waals surface area contributed by atoms with Crippen LogP contribution in [0.15, 0.2) is 97.2 Å². The lowest BCUT2D eigenvalue weighted by Gasteiger charge is -2.30. The Balaban J connectivity index is 1.06. The van der Waals surface area contributed by atoms with Crippen LogP contribution in [0.4, 0.5) is 10.1 Å². The van der Waals surface area contributed by atoms with Gasteiger partial charge in [0.25, 0.3) is 5.91 Å². The average Bonchev–Trinajstić information content (AvgIpc) is 3.17. The summed E-state index contributed by atoms with van der Waals surface area (Å²) in [6, 6.07) is 26.2. The number of hydrogen-bond donors (Lipinski definition) is 1. The summed E-state index contributed by atoms with van der Waals surface area (Å²) >= 11 is 0. The van der Waals surface area contributed by atoms with E-state index in [0.29, 0.717) is 62.7 Å². The molecule has 0 aliphatic carbocycles. The van der Waals surface area contributed by atoms with Crippen LogP contribution in [0.1, 0.15) is 36.5 Å². The summed E-state index contributed by atoms with van der Waals surface area (Å²) in [4.78, 5) is 25.4. The predicted octanol–water partition coefficient (Wildman–Crippen LogP) is 9.15. The van der Waals surface area contributed by atoms with Crippen LogP contribution in [0.5, 0.6) is 28.7 Å². The van der Waals surface area contributed by atoms with Gasteiger partial charge in [-0.05, 0) is 86.8 Å². The van der Waals surface area contributed by atoms with Gasteiger partial charge in [0.2, 0.25) is 0 Å². The molecule has 9 nitrogen and oxygen atoms in total. The summed E-state index contributed by atoms with van der Waals surface area (Å²) in [6.07, 6.45) is 5.01. The van der Waals surface area contributed by atoms with Crippen molar-refractivity contribution in [2.45, 2.75) is 26.2 Å². The molecule has 1 aliphatic rings. The number of pyridine rings is 2. The summed E-state index contributed by atoms with van der Waals surface area (Å²) in [5.74, 6) is 1.96. The summed E-state index contributed by atoms with van der Waals surface area (Å²) in [5.41, 5.74) is 3.37. The van der Waals surface area contributed by atoms with Crippen molar-refractivity contribution in [2.24, 2.45) is 5.92 Å². The zero-order valence-corrected chi connectivity index (χ0v) is 29.5. The molecule has 10 heteroatoms. The number of hydrogen-bond acceptors (Lipinski definition) is 8. The fraction of sp³-hybridized carbons (Fsp3) is 0.262. The van der Waals surface area contributed by atoms with Crippen LogP contribution < -0.4 is 24.3 Å². The highest BCUT2D eigenvalue weighted by Gasteiger charge is 2.18. The third-order valence-corrected chi connectivity index (χ3v) is 9.48. The Morgan fingerprint density at radius 1 is 0.846 bits per heavy atom. The Kier molecular flexibility index (Phi) is 10.4. The Bertz CT molecular complexity index is 2220. The molecular weight excluding hydrogens is 659 g/mol. The summed E-state index contributed by atoms with van der Waals surface area (Å²) < 4.78 is 38.8. The van der Waals surface area contributed by atoms with Gasteiger partial charge < -0.3 is 29.2 Å². The number of methoxy groups -OCH3 is 2. The fourth-order valence-electron chi connectivity index (χ4n) is 6.52. The number of piperidine rings is 1. The molecule has 0 atom stereocenters. The number of rotatable bonds is 12. The number of carbonyl (C=O) groups excluding carboxylic acids is 1. The van der Waals surface area contributed by atoms with Crippen molar-refractivity contribution < 1.29 is 28.1 Å². The molecule has 4 aromatic carbocycles. The molecule has 2 aromatic heterocycles. The first kappa shape index (κ1) is 34.7. The van der Waals surface area contributed by atoms with Crippen molar-refractivity contribution in [2.75, 3.05) is 45.8 Å². The first-order valence-corrected chi connectivity index (χ1v) is 17.5. The fourth-order valence-corrected chi connectivity index (χ4v) is 6.52. The van der Waals surface area contributed by atoms with Crippen LogP contribution in [0.25, 0.3) is 33.1 Å². The van der Waals surface area contributed by atoms with Crippen LogP contribution in [-0.2, 0) is 0 Å². The van der Waals surface area contributed by atoms with E-state index in [1.165, 1.54) is 25.0 Å². The summed E-state index contributed by atoms with van der Waals surface area (Å²) in [6.45, 7) is 6.15. The van der Waals surface area contributed by atoms with Crippen LogP contribution in [0.2, 0.25) is 0 Å². The molecule has 1 N–H and O–H groups in total. The summed E-state index contributed by atoms with van der Waals surface area (Å²) in [5, 5.41) is 4.16. The van der Waals surface area contributed by atoms with Gasteiger partial charge in [0, 0.05) is 46.9 Å². The number of halogens is 1. The van der Waals surface area contributed by atoms with Crippen molar-refractivity contribution in [3.63, 3.8) is 0 Å². The van der Waals surface area contributed by atoms with Crippen molar-refractivity contribution in [1.82, 2.24) is 14.9 Å². The Labute approximate surface area is 302 Å². The highest BCUT2D eigenvalue weighted by atomic mass is 19.1. The average molecular weight is 701 g/mol. The molecule has 1 aliphatic heterocycles. The molecule has 1 fully saturated rings. The lowest BCUT2D eigenvalue weighted by Crippen LogP contribution is -2.34. The highest BCUT2D eigenvalue weighted by Crippen LogP contribution is 2.38. The van der Waals surface area contributed by atoms with E-state index in [-0.39, 0.29) is 11.4 Å². The largest absolute Gasteiger partial charge is 0.497 e. The van der Waals surface area contributed by atoms with E-state index in [1.807, 2.05) is 54.6 Å². The second kappa shape index (κ2) is 15.7. The lowest BCUT2D eigenvalue weighted by molar-refractivity contribution is 0.102. The number of fused-ring (bicyclic) bond motifs is 2. The molecule has 0 bridgehead atoms. The molecule has 52 heavy (non-hydrogen) atoms. The number of aromatic nitrogens is 2. The van der Waals surface area contributed by atoms with Gasteiger partial charge in [0.05, 0.1) is 43.1 Å². The number of nitrogens with one attached hydrogen (secondary N) is 1. The standard InChI is InChI=1S/C42H41FN4O5/c1-27-15-19-47(20-16-27)18-7-21-51-41-26-37-33(25-40(41)50-3)38(14-17-44-37)52-39-13-12-29(23-34(39)43)45-42(48)32-24-36(28-8-6-9-30(22-28)49-2)46-35-11-5-4-10-31(32)35/h4-6,8-14,17,22-27H,7,15-16,18-21H2,1-3H3,(H,45,48). The van der Waals surface area contributed by atoms with Crippen LogP contribution in [-0.4, -0.2) is 61.2 Å². The number of carbonyl (C=O) groups is 1. The van der Waals surface area contributed by atoms with Gasteiger partial charge >= 0.3 is 0 Å². The number of benzene rings is 4. The number of likely N-dealkylation sites (tertiary alicyclic amines) is 1. The van der Waals surface area contributed by atoms with E-state index in [0.717, 1.165) is 37.5 Å². The van der Waals surface area contributed by atoms with Gasteiger partial charge in [-0.2, -0.15) is 0 Å². The van der Waals surface area contributed by atoms with E-state index < -0.39 is 11.7 Å². The predicted molar refractivity (Wildman–Crippen MR) is 201 cm³/mol. The van der Waals surface area contributed by atoms with Crippen molar-refractivity contribution >= 4 is 33.4 Å². The molecule has 266 valence electrons. The third kappa shape index (κ3) is 7.77. The highest BCUT2D eigenvalue weighted by molar-refractivity contribution is 6.13. The van der Waals surface area contributed by atoms with Crippen LogP contribution in [0, 0.1) is 11.7 Å². The number of anilines is 1. The van der Waals surface area contributed by atoms with E-state index in [9.17, 15) is 4.79 Å². The SMILES string of the molecule is COc1cccc(-c2cc(C(=O)Nc3ccc(Oc4ccnc5cc(OCCCN6CCC(C)CC6)c(OC)cc45)c(F)c3)c3ccccc3n2)c1. The van der Waals surface area contributed by atoms with Gasteiger partial charge in [-0.1, -0.05) is 37.3 Å². The molecule has 1 saturated heterocycles. The van der Waals surface area contributed by atoms with Crippen molar-refractivity contribution in [3.05, 3.63) is 109 Å². The molecule has 0 spiro atoms. The van der Waals surface area contributed by atoms with Gasteiger partial charge in [-0.25, -0.2) is 9.37 Å². The van der Waals surface area contributed by atoms with Gasteiger partial charge in [-0.3, -0.25) is 9.78 Å². The van der Waals surface area contributed by atoms with Gasteiger partial charge in [0.1, 0.15) is 11.5 Å². The minimum absolute atomic E-state index is 0.00780. The number of para-hydroxylation sites is 1. The molecule has 0 radical (unpaired) electrons. The van der Waals surface area contributed by atoms with Crippen LogP contribution in [0.3, 0.4) is 0 Å². The number of ether oxygens (including phenoxy) is 4. The Morgan fingerprint density at radius 3 is 2.50 bits per heavy atom. The third-order valence-electron chi connectivity index (χ3n) is 9.48. The molecule has 3 heterocycles. The first-order valence-electron chi connectivity index (χ1n) is 17.5. The van der Waals surface area contributed by atoms with Crippen molar-refractivity contribution in [3.8, 4) is 40.0 Å². The maximum atomic E-state index is 15.6. The molecule has 6 aromatic rings. The molecule has 7 rings (SSSR count). The zero-order valence-electron chi connectivity index (χ0n) is 29.5. The van der Waals surface area contributed by atoms with E-state index in [2.05, 4.69) is 22.1 Å². The lowest BCUT2D eigenvalue weighted by atomic mass is 9.99. The van der Waals surface area contributed by atoms with Crippen LogP contribution >= 0.6 is 0 Å². The molecule has 0 saturated carbocycles. The van der Waals surface area contributed by atoms with E-state index >= 15 is 4.39 Å². The van der Waals surface area contributed by atoms with E-state index in [1.54, 1.807) is 44.7 Å². The first-order chi connectivity index (χ1) is 25.4. The molecule has 0 unspecified atom stereocenters. The summed E-state index contributed by atoms with van der Waals surface area (Å²) in [7, 11) is 3.18. The maximum Gasteiger partial charge on any atom is 0.256 e. The smallest absolute Gasteiger partial charge is 0.256 e. The molecular formula is C42H41FN4O5. The maximum absolute atomic E-state index is 15.6. The van der Waals surface area contributed by atoms with Gasteiger partial charge in [-0.15, -0.1) is 0 Å². The minimum atomic E-state index is -0.644. The van der Waals surface area contributed by atoms with Crippen molar-refractivity contribution in [1.29, 1.82) is 0 Å². The second-order valence-corrected chi connectivity index (χ2v) is 13.1. The van der Waals surface area contributed by atoms with E-state index in [4.69, 9.17) is 23.9 Å².